The molecule has 1 unspecified atom stereocenters. The molecule has 1 aromatic carbocycles. The molecular formula is C15H16ClNS2. The van der Waals surface area contributed by atoms with Crippen molar-refractivity contribution in [2.24, 2.45) is 0 Å². The smallest absolute Gasteiger partial charge is 0.0653 e. The molecular weight excluding hydrogens is 294 g/mol. The molecule has 2 heterocycles. The summed E-state index contributed by atoms with van der Waals surface area (Å²) < 4.78 is 1.46. The van der Waals surface area contributed by atoms with Crippen LogP contribution in [0.4, 0.5) is 5.69 Å². The highest BCUT2D eigenvalue weighted by atomic mass is 35.5. The van der Waals surface area contributed by atoms with Crippen LogP contribution in [-0.4, -0.2) is 5.25 Å². The molecule has 0 amide bonds. The summed E-state index contributed by atoms with van der Waals surface area (Å²) in [6.45, 7) is 4.40. The number of hydrogen-bond donors (Lipinski definition) is 1. The molecule has 1 aliphatic rings. The first kappa shape index (κ1) is 13.3. The van der Waals surface area contributed by atoms with Crippen LogP contribution in [-0.2, 0) is 0 Å². The van der Waals surface area contributed by atoms with E-state index >= 15 is 0 Å². The summed E-state index contributed by atoms with van der Waals surface area (Å²) in [5, 5.41) is 7.34. The standard InChI is InChI=1S/C15H16ClNS2/c1-9-7-11(16)3-4-13(9)17-14-8-10(2)19-15-12(14)5-6-18-15/h3-7,10,14,17H,8H2,1-2H3/t10-,14?/m0/s1. The number of anilines is 1. The summed E-state index contributed by atoms with van der Waals surface area (Å²) in [6.07, 6.45) is 1.16. The van der Waals surface area contributed by atoms with Gasteiger partial charge in [0.1, 0.15) is 0 Å². The van der Waals surface area contributed by atoms with Crippen molar-refractivity contribution in [2.45, 2.75) is 35.8 Å². The van der Waals surface area contributed by atoms with E-state index < -0.39 is 0 Å². The zero-order chi connectivity index (χ0) is 13.4. The third-order valence-electron chi connectivity index (χ3n) is 3.43. The Kier molecular flexibility index (Phi) is 3.79. The van der Waals surface area contributed by atoms with Crippen molar-refractivity contribution in [3.63, 3.8) is 0 Å². The van der Waals surface area contributed by atoms with Gasteiger partial charge in [-0.25, -0.2) is 0 Å². The molecule has 4 heteroatoms. The van der Waals surface area contributed by atoms with Gasteiger partial charge in [-0.1, -0.05) is 18.5 Å². The highest BCUT2D eigenvalue weighted by Gasteiger charge is 2.26. The van der Waals surface area contributed by atoms with E-state index in [1.807, 2.05) is 35.2 Å². The second-order valence-corrected chi connectivity index (χ2v) is 8.04. The molecule has 2 aromatic rings. The minimum atomic E-state index is 0.414. The first-order chi connectivity index (χ1) is 9.13. The van der Waals surface area contributed by atoms with Crippen LogP contribution < -0.4 is 5.32 Å². The third-order valence-corrected chi connectivity index (χ3v) is 6.01. The fourth-order valence-electron chi connectivity index (χ4n) is 2.46. The Hall–Kier alpha value is -0.640. The third kappa shape index (κ3) is 2.78. The minimum Gasteiger partial charge on any atom is -0.378 e. The quantitative estimate of drug-likeness (QED) is 0.758. The maximum absolute atomic E-state index is 6.02. The Morgan fingerprint density at radius 1 is 1.32 bits per heavy atom. The van der Waals surface area contributed by atoms with Crippen LogP contribution in [0.25, 0.3) is 0 Å². The van der Waals surface area contributed by atoms with Gasteiger partial charge in [-0.15, -0.1) is 23.1 Å². The maximum atomic E-state index is 6.02. The van der Waals surface area contributed by atoms with E-state index in [2.05, 4.69) is 36.7 Å². The average Bonchev–Trinajstić information content (AvgIpc) is 2.80. The molecule has 19 heavy (non-hydrogen) atoms. The molecule has 1 N–H and O–H groups in total. The van der Waals surface area contributed by atoms with Gasteiger partial charge in [0.15, 0.2) is 0 Å². The fraction of sp³-hybridized carbons (Fsp3) is 0.333. The summed E-state index contributed by atoms with van der Waals surface area (Å²) in [7, 11) is 0. The lowest BCUT2D eigenvalue weighted by Gasteiger charge is -2.29. The molecule has 0 saturated heterocycles. The molecule has 1 aliphatic heterocycles. The normalized spacial score (nSPS) is 22.1. The fourth-order valence-corrected chi connectivity index (χ4v) is 5.26. The lowest BCUT2D eigenvalue weighted by Crippen LogP contribution is -2.19. The van der Waals surface area contributed by atoms with Gasteiger partial charge < -0.3 is 5.32 Å². The van der Waals surface area contributed by atoms with E-state index in [9.17, 15) is 0 Å². The SMILES string of the molecule is Cc1cc(Cl)ccc1NC1C[C@H](C)Sc2sccc21. The molecule has 100 valence electrons. The topological polar surface area (TPSA) is 12.0 Å². The van der Waals surface area contributed by atoms with Crippen molar-refractivity contribution in [1.29, 1.82) is 0 Å². The molecule has 0 radical (unpaired) electrons. The van der Waals surface area contributed by atoms with Crippen molar-refractivity contribution >= 4 is 40.4 Å². The number of benzene rings is 1. The first-order valence-corrected chi connectivity index (χ1v) is 8.54. The minimum absolute atomic E-state index is 0.414. The van der Waals surface area contributed by atoms with E-state index in [1.165, 1.54) is 21.0 Å². The second-order valence-electron chi connectivity index (χ2n) is 4.98. The van der Waals surface area contributed by atoms with Crippen LogP contribution in [0.3, 0.4) is 0 Å². The number of rotatable bonds is 2. The molecule has 1 aromatic heterocycles. The van der Waals surface area contributed by atoms with E-state index in [1.54, 1.807) is 0 Å². The van der Waals surface area contributed by atoms with Gasteiger partial charge in [0.05, 0.1) is 10.3 Å². The van der Waals surface area contributed by atoms with E-state index in [0.717, 1.165) is 11.4 Å². The van der Waals surface area contributed by atoms with Crippen LogP contribution in [0.2, 0.25) is 5.02 Å². The largest absolute Gasteiger partial charge is 0.378 e. The summed E-state index contributed by atoms with van der Waals surface area (Å²) in [6, 6.07) is 8.71. The number of thiophene rings is 1. The number of halogens is 1. The Bertz CT molecular complexity index is 594. The van der Waals surface area contributed by atoms with E-state index in [4.69, 9.17) is 11.6 Å². The van der Waals surface area contributed by atoms with Crippen molar-refractivity contribution in [3.8, 4) is 0 Å². The van der Waals surface area contributed by atoms with Gasteiger partial charge in [0.25, 0.3) is 0 Å². The van der Waals surface area contributed by atoms with Crippen LogP contribution in [0.5, 0.6) is 0 Å². The van der Waals surface area contributed by atoms with Crippen molar-refractivity contribution in [1.82, 2.24) is 0 Å². The number of aryl methyl sites for hydroxylation is 1. The van der Waals surface area contributed by atoms with E-state index in [0.29, 0.717) is 11.3 Å². The molecule has 3 rings (SSSR count). The highest BCUT2D eigenvalue weighted by Crippen LogP contribution is 2.45. The molecule has 0 aliphatic carbocycles. The second kappa shape index (κ2) is 5.39. The van der Waals surface area contributed by atoms with Crippen LogP contribution in [0.15, 0.2) is 33.9 Å². The van der Waals surface area contributed by atoms with Crippen LogP contribution in [0.1, 0.15) is 30.5 Å². The monoisotopic (exact) mass is 309 g/mol. The zero-order valence-corrected chi connectivity index (χ0v) is 13.3. The Labute approximate surface area is 127 Å². The summed E-state index contributed by atoms with van der Waals surface area (Å²) in [5.41, 5.74) is 3.84. The summed E-state index contributed by atoms with van der Waals surface area (Å²) >= 11 is 9.87. The molecule has 0 fully saturated rings. The van der Waals surface area contributed by atoms with Crippen molar-refractivity contribution in [2.75, 3.05) is 5.32 Å². The number of thioether (sulfide) groups is 1. The summed E-state index contributed by atoms with van der Waals surface area (Å²) in [5.74, 6) is 0. The lowest BCUT2D eigenvalue weighted by molar-refractivity contribution is 0.669. The summed E-state index contributed by atoms with van der Waals surface area (Å²) in [4.78, 5) is 0. The maximum Gasteiger partial charge on any atom is 0.0653 e. The van der Waals surface area contributed by atoms with Gasteiger partial charge in [0.2, 0.25) is 0 Å². The predicted molar refractivity (Wildman–Crippen MR) is 86.8 cm³/mol. The molecule has 0 bridgehead atoms. The number of fused-ring (bicyclic) bond motifs is 1. The van der Waals surface area contributed by atoms with Crippen molar-refractivity contribution in [3.05, 3.63) is 45.8 Å². The van der Waals surface area contributed by atoms with Crippen LogP contribution in [0, 0.1) is 6.92 Å². The van der Waals surface area contributed by atoms with Gasteiger partial charge in [-0.3, -0.25) is 0 Å². The van der Waals surface area contributed by atoms with Gasteiger partial charge in [-0.2, -0.15) is 0 Å². The Morgan fingerprint density at radius 3 is 2.95 bits per heavy atom. The van der Waals surface area contributed by atoms with Crippen molar-refractivity contribution < 1.29 is 0 Å². The van der Waals surface area contributed by atoms with Gasteiger partial charge >= 0.3 is 0 Å². The zero-order valence-electron chi connectivity index (χ0n) is 10.9. The Morgan fingerprint density at radius 2 is 2.16 bits per heavy atom. The van der Waals surface area contributed by atoms with Gasteiger partial charge in [0, 0.05) is 16.0 Å². The molecule has 0 saturated carbocycles. The van der Waals surface area contributed by atoms with E-state index in [-0.39, 0.29) is 0 Å². The number of hydrogen-bond acceptors (Lipinski definition) is 3. The predicted octanol–water partition coefficient (Wildman–Crippen LogP) is 5.75. The van der Waals surface area contributed by atoms with Gasteiger partial charge in [-0.05, 0) is 54.1 Å². The average molecular weight is 310 g/mol. The lowest BCUT2D eigenvalue weighted by atomic mass is 10.0. The molecule has 2 atom stereocenters. The number of nitrogens with one attached hydrogen (secondary N) is 1. The highest BCUT2D eigenvalue weighted by molar-refractivity contribution is 8.01. The molecule has 0 spiro atoms. The molecule has 1 nitrogen and oxygen atoms in total. The Balaban J connectivity index is 1.88. The first-order valence-electron chi connectivity index (χ1n) is 6.40. The van der Waals surface area contributed by atoms with Crippen LogP contribution >= 0.6 is 34.7 Å².